The zero-order chi connectivity index (χ0) is 15.6. The summed E-state index contributed by atoms with van der Waals surface area (Å²) >= 11 is 0. The number of nitrogens with zero attached hydrogens (tertiary/aromatic N) is 1. The van der Waals surface area contributed by atoms with Crippen molar-refractivity contribution in [2.45, 2.75) is 0 Å². The fourth-order valence-corrected chi connectivity index (χ4v) is 2.68. The minimum atomic E-state index is -0.119. The summed E-state index contributed by atoms with van der Waals surface area (Å²) in [5, 5.41) is 6.17. The molecule has 3 heteroatoms. The highest BCUT2D eigenvalue weighted by molar-refractivity contribution is 6.07. The van der Waals surface area contributed by atoms with E-state index >= 15 is 0 Å². The van der Waals surface area contributed by atoms with Gasteiger partial charge in [-0.3, -0.25) is 9.78 Å². The topological polar surface area (TPSA) is 42.0 Å². The van der Waals surface area contributed by atoms with E-state index in [9.17, 15) is 4.79 Å². The Balaban J connectivity index is 1.64. The van der Waals surface area contributed by atoms with Gasteiger partial charge in [0.2, 0.25) is 0 Å². The van der Waals surface area contributed by atoms with Crippen LogP contribution < -0.4 is 5.32 Å². The molecule has 0 fully saturated rings. The molecule has 0 radical (unpaired) electrons. The molecule has 1 amide bonds. The summed E-state index contributed by atoms with van der Waals surface area (Å²) in [4.78, 5) is 16.8. The first-order valence-electron chi connectivity index (χ1n) is 7.44. The van der Waals surface area contributed by atoms with Crippen LogP contribution in [0.25, 0.3) is 21.7 Å². The average molecular weight is 298 g/mol. The van der Waals surface area contributed by atoms with E-state index in [-0.39, 0.29) is 5.91 Å². The van der Waals surface area contributed by atoms with Crippen LogP contribution in [-0.4, -0.2) is 10.9 Å². The van der Waals surface area contributed by atoms with Gasteiger partial charge in [-0.2, -0.15) is 0 Å². The Bertz CT molecular complexity index is 1020. The van der Waals surface area contributed by atoms with Crippen molar-refractivity contribution < 1.29 is 4.79 Å². The summed E-state index contributed by atoms with van der Waals surface area (Å²) in [6.45, 7) is 0. The van der Waals surface area contributed by atoms with E-state index in [4.69, 9.17) is 0 Å². The number of fused-ring (bicyclic) bond motifs is 2. The number of anilines is 1. The number of nitrogens with one attached hydrogen (secondary N) is 1. The van der Waals surface area contributed by atoms with Gasteiger partial charge >= 0.3 is 0 Å². The summed E-state index contributed by atoms with van der Waals surface area (Å²) in [6, 6.07) is 23.3. The van der Waals surface area contributed by atoms with Crippen molar-refractivity contribution in [3.8, 4) is 0 Å². The molecule has 0 aliphatic rings. The molecule has 1 aromatic heterocycles. The van der Waals surface area contributed by atoms with Gasteiger partial charge in [0.1, 0.15) is 0 Å². The number of hydrogen-bond donors (Lipinski definition) is 1. The van der Waals surface area contributed by atoms with Crippen LogP contribution in [0.15, 0.2) is 79.0 Å². The predicted molar refractivity (Wildman–Crippen MR) is 93.6 cm³/mol. The monoisotopic (exact) mass is 298 g/mol. The highest BCUT2D eigenvalue weighted by atomic mass is 16.1. The molecule has 0 aliphatic heterocycles. The molecule has 23 heavy (non-hydrogen) atoms. The van der Waals surface area contributed by atoms with Crippen molar-refractivity contribution in [1.82, 2.24) is 4.98 Å². The number of rotatable bonds is 2. The van der Waals surface area contributed by atoms with Crippen molar-refractivity contribution in [1.29, 1.82) is 0 Å². The van der Waals surface area contributed by atoms with Gasteiger partial charge in [0.25, 0.3) is 5.91 Å². The number of carbonyl (C=O) groups is 1. The summed E-state index contributed by atoms with van der Waals surface area (Å²) in [6.07, 6.45) is 1.75. The van der Waals surface area contributed by atoms with Gasteiger partial charge in [0, 0.05) is 22.8 Å². The van der Waals surface area contributed by atoms with E-state index in [1.54, 1.807) is 6.20 Å². The Hall–Kier alpha value is -3.20. The number of amides is 1. The third-order valence-corrected chi connectivity index (χ3v) is 3.88. The molecule has 1 heterocycles. The smallest absolute Gasteiger partial charge is 0.255 e. The van der Waals surface area contributed by atoms with Crippen LogP contribution >= 0.6 is 0 Å². The van der Waals surface area contributed by atoms with Crippen LogP contribution in [0.4, 0.5) is 5.69 Å². The van der Waals surface area contributed by atoms with Crippen molar-refractivity contribution in [2.75, 3.05) is 5.32 Å². The molecule has 0 atom stereocenters. The van der Waals surface area contributed by atoms with Crippen molar-refractivity contribution in [3.05, 3.63) is 84.6 Å². The fraction of sp³-hybridized carbons (Fsp3) is 0. The lowest BCUT2D eigenvalue weighted by molar-refractivity contribution is 0.102. The van der Waals surface area contributed by atoms with E-state index in [1.807, 2.05) is 72.8 Å². The Morgan fingerprint density at radius 3 is 2.48 bits per heavy atom. The Morgan fingerprint density at radius 2 is 1.57 bits per heavy atom. The number of carbonyl (C=O) groups excluding carboxylic acids is 1. The maximum Gasteiger partial charge on any atom is 0.255 e. The maximum atomic E-state index is 12.5. The van der Waals surface area contributed by atoms with Crippen molar-refractivity contribution in [3.63, 3.8) is 0 Å². The normalized spacial score (nSPS) is 10.8. The lowest BCUT2D eigenvalue weighted by atomic mass is 10.1. The molecular formula is C20H14N2O. The minimum absolute atomic E-state index is 0.119. The molecule has 0 aliphatic carbocycles. The fourth-order valence-electron chi connectivity index (χ4n) is 2.68. The van der Waals surface area contributed by atoms with Crippen LogP contribution in [0.2, 0.25) is 0 Å². The number of aromatic nitrogens is 1. The zero-order valence-electron chi connectivity index (χ0n) is 12.4. The van der Waals surface area contributed by atoms with E-state index in [1.165, 1.54) is 0 Å². The molecule has 0 saturated carbocycles. The lowest BCUT2D eigenvalue weighted by Gasteiger charge is -2.07. The van der Waals surface area contributed by atoms with Crippen LogP contribution in [0.3, 0.4) is 0 Å². The molecule has 0 unspecified atom stereocenters. The van der Waals surface area contributed by atoms with Crippen molar-refractivity contribution in [2.24, 2.45) is 0 Å². The van der Waals surface area contributed by atoms with Crippen molar-refractivity contribution >= 4 is 33.3 Å². The first-order valence-corrected chi connectivity index (χ1v) is 7.44. The van der Waals surface area contributed by atoms with E-state index in [2.05, 4.69) is 10.3 Å². The third-order valence-electron chi connectivity index (χ3n) is 3.88. The zero-order valence-corrected chi connectivity index (χ0v) is 12.4. The van der Waals surface area contributed by atoms with E-state index in [0.717, 1.165) is 27.4 Å². The summed E-state index contributed by atoms with van der Waals surface area (Å²) in [7, 11) is 0. The van der Waals surface area contributed by atoms with Gasteiger partial charge in [-0.05, 0) is 41.1 Å². The first kappa shape index (κ1) is 13.5. The summed E-state index contributed by atoms with van der Waals surface area (Å²) in [5.41, 5.74) is 2.25. The molecule has 110 valence electrons. The molecule has 3 aromatic carbocycles. The largest absolute Gasteiger partial charge is 0.322 e. The minimum Gasteiger partial charge on any atom is -0.322 e. The summed E-state index contributed by atoms with van der Waals surface area (Å²) in [5.74, 6) is -0.119. The van der Waals surface area contributed by atoms with Gasteiger partial charge in [0.15, 0.2) is 0 Å². The lowest BCUT2D eigenvalue weighted by Crippen LogP contribution is -2.11. The average Bonchev–Trinajstić information content (AvgIpc) is 2.61. The standard InChI is InChI=1S/C20H14N2O/c23-20(17-8-7-14-4-1-2-5-16(14)12-17)22-18-10-9-15-6-3-11-21-19(15)13-18/h1-13H,(H,22,23). The Morgan fingerprint density at radius 1 is 0.783 bits per heavy atom. The van der Waals surface area contributed by atoms with Crippen LogP contribution in [0.5, 0.6) is 0 Å². The second-order valence-corrected chi connectivity index (χ2v) is 5.43. The van der Waals surface area contributed by atoms with Crippen LogP contribution in [-0.2, 0) is 0 Å². The Kier molecular flexibility index (Phi) is 3.24. The van der Waals surface area contributed by atoms with E-state index in [0.29, 0.717) is 5.56 Å². The molecule has 1 N–H and O–H groups in total. The van der Waals surface area contributed by atoms with Gasteiger partial charge in [-0.1, -0.05) is 42.5 Å². The Labute approximate surface area is 133 Å². The predicted octanol–water partition coefficient (Wildman–Crippen LogP) is 4.64. The molecule has 4 aromatic rings. The number of hydrogen-bond acceptors (Lipinski definition) is 2. The summed E-state index contributed by atoms with van der Waals surface area (Å²) < 4.78 is 0. The maximum absolute atomic E-state index is 12.5. The molecule has 4 rings (SSSR count). The molecule has 0 bridgehead atoms. The van der Waals surface area contributed by atoms with Gasteiger partial charge in [0.05, 0.1) is 5.52 Å². The van der Waals surface area contributed by atoms with Crippen LogP contribution in [0, 0.1) is 0 Å². The second-order valence-electron chi connectivity index (χ2n) is 5.43. The first-order chi connectivity index (χ1) is 11.3. The number of pyridine rings is 1. The molecule has 3 nitrogen and oxygen atoms in total. The van der Waals surface area contributed by atoms with Crippen LogP contribution in [0.1, 0.15) is 10.4 Å². The highest BCUT2D eigenvalue weighted by Crippen LogP contribution is 2.19. The molecular weight excluding hydrogens is 284 g/mol. The quantitative estimate of drug-likeness (QED) is 0.585. The number of benzene rings is 3. The molecule has 0 spiro atoms. The third kappa shape index (κ3) is 2.64. The van der Waals surface area contributed by atoms with Gasteiger partial charge in [-0.25, -0.2) is 0 Å². The second kappa shape index (κ2) is 5.54. The van der Waals surface area contributed by atoms with E-state index < -0.39 is 0 Å². The van der Waals surface area contributed by atoms with Gasteiger partial charge < -0.3 is 5.32 Å². The molecule has 0 saturated heterocycles. The SMILES string of the molecule is O=C(Nc1ccc2cccnc2c1)c1ccc2ccccc2c1. The van der Waals surface area contributed by atoms with Gasteiger partial charge in [-0.15, -0.1) is 0 Å². The highest BCUT2D eigenvalue weighted by Gasteiger charge is 2.07.